The van der Waals surface area contributed by atoms with Crippen molar-refractivity contribution in [2.75, 3.05) is 18.1 Å². The fraction of sp³-hybridized carbons (Fsp3) is 0.778. The Morgan fingerprint density at radius 1 is 1.03 bits per heavy atom. The predicted octanol–water partition coefficient (Wildman–Crippen LogP) is 6.02. The molecule has 2 aliphatic carbocycles. The van der Waals surface area contributed by atoms with Gasteiger partial charge < -0.3 is 19.5 Å². The molecule has 4 rings (SSSR count). The molecule has 2 saturated carbocycles. The smallest absolute Gasteiger partial charge is 0.348 e. The Labute approximate surface area is 208 Å². The van der Waals surface area contributed by atoms with Gasteiger partial charge in [-0.15, -0.1) is 11.3 Å². The number of anilines is 1. The molecule has 0 spiro atoms. The summed E-state index contributed by atoms with van der Waals surface area (Å²) in [4.78, 5) is 29.5. The van der Waals surface area contributed by atoms with Crippen LogP contribution >= 0.6 is 11.3 Å². The van der Waals surface area contributed by atoms with Gasteiger partial charge in [-0.3, -0.25) is 4.79 Å². The van der Waals surface area contributed by atoms with E-state index in [9.17, 15) is 14.7 Å². The van der Waals surface area contributed by atoms with Crippen LogP contribution in [-0.4, -0.2) is 48.4 Å². The predicted molar refractivity (Wildman–Crippen MR) is 135 cm³/mol. The Morgan fingerprint density at radius 2 is 1.71 bits per heavy atom. The van der Waals surface area contributed by atoms with Crippen LogP contribution in [0.15, 0.2) is 6.07 Å². The number of carboxylic acids is 1. The molecule has 1 aliphatic heterocycles. The Hall–Kier alpha value is -1.44. The van der Waals surface area contributed by atoms with Crippen LogP contribution in [0.4, 0.5) is 5.69 Å². The number of hydrogen-bond acceptors (Lipinski definition) is 5. The first kappa shape index (κ1) is 25.6. The van der Waals surface area contributed by atoms with Crippen molar-refractivity contribution in [3.8, 4) is 0 Å². The summed E-state index contributed by atoms with van der Waals surface area (Å²) in [6, 6.07) is 2.00. The lowest BCUT2D eigenvalue weighted by Gasteiger charge is -2.40. The molecule has 0 unspecified atom stereocenters. The minimum absolute atomic E-state index is 0.0135. The van der Waals surface area contributed by atoms with Crippen molar-refractivity contribution >= 4 is 28.9 Å². The minimum Gasteiger partial charge on any atom is -0.477 e. The van der Waals surface area contributed by atoms with E-state index >= 15 is 0 Å². The Morgan fingerprint density at radius 3 is 2.26 bits per heavy atom. The molecule has 34 heavy (non-hydrogen) atoms. The second-order valence-electron chi connectivity index (χ2n) is 11.6. The summed E-state index contributed by atoms with van der Waals surface area (Å²) in [7, 11) is 0. The number of aromatic carboxylic acids is 1. The van der Waals surface area contributed by atoms with Gasteiger partial charge in [-0.2, -0.15) is 0 Å². The van der Waals surface area contributed by atoms with Crippen LogP contribution in [0.25, 0.3) is 0 Å². The van der Waals surface area contributed by atoms with Crippen LogP contribution in [-0.2, 0) is 19.7 Å². The fourth-order valence-electron chi connectivity index (χ4n) is 5.61. The third kappa shape index (κ3) is 5.85. The zero-order valence-corrected chi connectivity index (χ0v) is 22.0. The quantitative estimate of drug-likeness (QED) is 0.527. The normalized spacial score (nSPS) is 30.3. The van der Waals surface area contributed by atoms with Crippen molar-refractivity contribution in [3.05, 3.63) is 15.8 Å². The second-order valence-corrected chi connectivity index (χ2v) is 12.6. The maximum atomic E-state index is 14.0. The van der Waals surface area contributed by atoms with Crippen molar-refractivity contribution < 1.29 is 24.2 Å². The van der Waals surface area contributed by atoms with E-state index in [2.05, 4.69) is 27.7 Å². The average molecular weight is 492 g/mol. The average Bonchev–Trinajstić information content (AvgIpc) is 3.46. The number of amides is 1. The third-order valence-corrected chi connectivity index (χ3v) is 9.33. The molecule has 1 amide bonds. The molecule has 1 saturated heterocycles. The van der Waals surface area contributed by atoms with Crippen molar-refractivity contribution in [1.82, 2.24) is 0 Å². The first-order valence-corrected chi connectivity index (χ1v) is 13.9. The first-order valence-electron chi connectivity index (χ1n) is 13.1. The molecule has 3 aliphatic rings. The minimum atomic E-state index is -0.941. The molecular formula is C27H41NO5S. The highest BCUT2D eigenvalue weighted by Crippen LogP contribution is 2.42. The van der Waals surface area contributed by atoms with E-state index in [0.29, 0.717) is 23.1 Å². The van der Waals surface area contributed by atoms with Crippen LogP contribution in [0, 0.1) is 11.8 Å². The summed E-state index contributed by atoms with van der Waals surface area (Å²) in [5.74, 6) is -0.168. The SMILES string of the molecule is CC(C)(C)c1cc(N(C(=O)[C@H]2CC[C@H](C)CC2)[C@H]2CC[C@H](O[C@@H]3CCOC3)CC2)c(C(=O)O)s1. The van der Waals surface area contributed by atoms with Gasteiger partial charge in [0, 0.05) is 23.4 Å². The summed E-state index contributed by atoms with van der Waals surface area (Å²) in [6.07, 6.45) is 8.74. The Bertz CT molecular complexity index is 853. The molecule has 1 N–H and O–H groups in total. The van der Waals surface area contributed by atoms with Gasteiger partial charge in [0.05, 0.1) is 24.5 Å². The van der Waals surface area contributed by atoms with Crippen LogP contribution in [0.2, 0.25) is 0 Å². The summed E-state index contributed by atoms with van der Waals surface area (Å²) in [5, 5.41) is 10.1. The standard InChI is InChI=1S/C27H41NO5S/c1-17-5-7-18(8-6-17)25(29)28(22-15-23(27(2,3)4)34-24(22)26(30)31)19-9-11-20(12-10-19)33-21-13-14-32-16-21/h15,17-21H,5-14,16H2,1-4H3,(H,30,31)/t17-,18-,19-,20-,21-/m1/s1. The van der Waals surface area contributed by atoms with Crippen molar-refractivity contribution in [2.24, 2.45) is 11.8 Å². The molecule has 190 valence electrons. The molecule has 6 nitrogen and oxygen atoms in total. The van der Waals surface area contributed by atoms with Crippen molar-refractivity contribution in [3.63, 3.8) is 0 Å². The Kier molecular flexibility index (Phi) is 8.05. The molecule has 1 atom stereocenters. The highest BCUT2D eigenvalue weighted by Gasteiger charge is 2.38. The van der Waals surface area contributed by atoms with Crippen LogP contribution in [0.3, 0.4) is 0 Å². The number of hydrogen-bond donors (Lipinski definition) is 1. The number of carbonyl (C=O) groups is 2. The number of ether oxygens (including phenoxy) is 2. The lowest BCUT2D eigenvalue weighted by atomic mass is 9.81. The summed E-state index contributed by atoms with van der Waals surface area (Å²) < 4.78 is 11.7. The van der Waals surface area contributed by atoms with E-state index in [-0.39, 0.29) is 35.5 Å². The number of rotatable bonds is 6. The highest BCUT2D eigenvalue weighted by molar-refractivity contribution is 7.14. The van der Waals surface area contributed by atoms with Crippen molar-refractivity contribution in [1.29, 1.82) is 0 Å². The lowest BCUT2D eigenvalue weighted by Crippen LogP contribution is -2.47. The zero-order valence-electron chi connectivity index (χ0n) is 21.2. The monoisotopic (exact) mass is 491 g/mol. The molecule has 1 aromatic rings. The van der Waals surface area contributed by atoms with Crippen LogP contribution < -0.4 is 4.90 Å². The van der Waals surface area contributed by atoms with Crippen LogP contribution in [0.1, 0.15) is 100 Å². The van der Waals surface area contributed by atoms with Gasteiger partial charge in [0.1, 0.15) is 4.88 Å². The fourth-order valence-corrected chi connectivity index (χ4v) is 6.66. The van der Waals surface area contributed by atoms with Gasteiger partial charge in [-0.25, -0.2) is 4.79 Å². The van der Waals surface area contributed by atoms with Crippen molar-refractivity contribution in [2.45, 2.75) is 109 Å². The zero-order chi connectivity index (χ0) is 24.5. The Balaban J connectivity index is 1.58. The maximum Gasteiger partial charge on any atom is 0.348 e. The van der Waals surface area contributed by atoms with Gasteiger partial charge in [-0.1, -0.05) is 27.7 Å². The summed E-state index contributed by atoms with van der Waals surface area (Å²) in [5.41, 5.74) is 0.441. The molecule has 0 bridgehead atoms. The van der Waals surface area contributed by atoms with Crippen LogP contribution in [0.5, 0.6) is 0 Å². The van der Waals surface area contributed by atoms with E-state index < -0.39 is 5.97 Å². The van der Waals surface area contributed by atoms with E-state index in [0.717, 1.165) is 69.3 Å². The maximum absolute atomic E-state index is 14.0. The van der Waals surface area contributed by atoms with E-state index in [1.165, 1.54) is 11.3 Å². The second kappa shape index (κ2) is 10.7. The largest absolute Gasteiger partial charge is 0.477 e. The molecule has 0 aromatic carbocycles. The van der Waals surface area contributed by atoms with E-state index in [1.807, 2.05) is 11.0 Å². The van der Waals surface area contributed by atoms with E-state index in [4.69, 9.17) is 9.47 Å². The number of carbonyl (C=O) groups excluding carboxylic acids is 1. The molecule has 7 heteroatoms. The van der Waals surface area contributed by atoms with E-state index in [1.54, 1.807) is 0 Å². The molecule has 1 aromatic heterocycles. The van der Waals surface area contributed by atoms with Gasteiger partial charge in [-0.05, 0) is 75.2 Å². The number of thiophene rings is 1. The number of nitrogens with zero attached hydrogens (tertiary/aromatic N) is 1. The topological polar surface area (TPSA) is 76.1 Å². The molecule has 2 heterocycles. The van der Waals surface area contributed by atoms with Gasteiger partial charge >= 0.3 is 5.97 Å². The number of carboxylic acid groups (broad SMARTS) is 1. The molecular weight excluding hydrogens is 450 g/mol. The summed E-state index contributed by atoms with van der Waals surface area (Å²) >= 11 is 1.32. The highest BCUT2D eigenvalue weighted by atomic mass is 32.1. The summed E-state index contributed by atoms with van der Waals surface area (Å²) in [6.45, 7) is 9.99. The lowest BCUT2D eigenvalue weighted by molar-refractivity contribution is -0.124. The molecule has 0 radical (unpaired) electrons. The van der Waals surface area contributed by atoms with Gasteiger partial charge in [0.15, 0.2) is 0 Å². The van der Waals surface area contributed by atoms with Gasteiger partial charge in [0.2, 0.25) is 5.91 Å². The third-order valence-electron chi connectivity index (χ3n) is 7.79. The van der Waals surface area contributed by atoms with Gasteiger partial charge in [0.25, 0.3) is 0 Å². The first-order chi connectivity index (χ1) is 16.1. The molecule has 3 fully saturated rings.